The molecule has 5 nitrogen and oxygen atoms in total. The van der Waals surface area contributed by atoms with Gasteiger partial charge in [-0.15, -0.1) is 0 Å². The van der Waals surface area contributed by atoms with Crippen LogP contribution in [0, 0.1) is 0 Å². The van der Waals surface area contributed by atoms with Crippen molar-refractivity contribution in [1.29, 1.82) is 0 Å². The SMILES string of the molecule is CC(C)OC(=O)c1ccncc1C(=O)O. The standard InChI is InChI=1S/C10H11NO4/c1-6(2)15-10(14)7-3-4-11-5-8(7)9(12)13/h3-6H,1-2H3,(H,12,13). The van der Waals surface area contributed by atoms with Gasteiger partial charge in [-0.1, -0.05) is 0 Å². The van der Waals surface area contributed by atoms with E-state index in [2.05, 4.69) is 4.98 Å². The highest BCUT2D eigenvalue weighted by molar-refractivity contribution is 6.02. The molecule has 0 aliphatic carbocycles. The number of aromatic nitrogens is 1. The lowest BCUT2D eigenvalue weighted by Crippen LogP contribution is -2.15. The van der Waals surface area contributed by atoms with Gasteiger partial charge in [-0.05, 0) is 19.9 Å². The van der Waals surface area contributed by atoms with Gasteiger partial charge in [-0.3, -0.25) is 4.98 Å². The van der Waals surface area contributed by atoms with Crippen LogP contribution < -0.4 is 0 Å². The number of aromatic carboxylic acids is 1. The number of rotatable bonds is 3. The molecule has 0 amide bonds. The molecule has 0 fully saturated rings. The van der Waals surface area contributed by atoms with Crippen LogP contribution in [0.2, 0.25) is 0 Å². The maximum absolute atomic E-state index is 11.5. The fourth-order valence-electron chi connectivity index (χ4n) is 1.02. The van der Waals surface area contributed by atoms with Gasteiger partial charge >= 0.3 is 11.9 Å². The summed E-state index contributed by atoms with van der Waals surface area (Å²) in [5, 5.41) is 8.80. The minimum absolute atomic E-state index is 0.0196. The summed E-state index contributed by atoms with van der Waals surface area (Å²) in [7, 11) is 0. The normalized spacial score (nSPS) is 10.1. The zero-order valence-corrected chi connectivity index (χ0v) is 8.43. The molecule has 0 spiro atoms. The fraction of sp³-hybridized carbons (Fsp3) is 0.300. The summed E-state index contributed by atoms with van der Waals surface area (Å²) < 4.78 is 4.90. The fourth-order valence-corrected chi connectivity index (χ4v) is 1.02. The quantitative estimate of drug-likeness (QED) is 0.760. The second-order valence-corrected chi connectivity index (χ2v) is 3.18. The number of esters is 1. The molecule has 0 bridgehead atoms. The first kappa shape index (κ1) is 11.2. The molecule has 0 saturated heterocycles. The summed E-state index contributed by atoms with van der Waals surface area (Å²) in [6.07, 6.45) is 2.19. The molecule has 1 N–H and O–H groups in total. The molecule has 0 unspecified atom stereocenters. The number of hydrogen-bond donors (Lipinski definition) is 1. The van der Waals surface area contributed by atoms with E-state index < -0.39 is 11.9 Å². The van der Waals surface area contributed by atoms with Crippen molar-refractivity contribution in [3.8, 4) is 0 Å². The smallest absolute Gasteiger partial charge is 0.339 e. The van der Waals surface area contributed by atoms with E-state index in [1.54, 1.807) is 13.8 Å². The van der Waals surface area contributed by atoms with Crippen LogP contribution in [0.25, 0.3) is 0 Å². The van der Waals surface area contributed by atoms with Gasteiger partial charge in [0, 0.05) is 12.4 Å². The van der Waals surface area contributed by atoms with Gasteiger partial charge in [0.25, 0.3) is 0 Å². The molecule has 15 heavy (non-hydrogen) atoms. The Morgan fingerprint density at radius 3 is 2.60 bits per heavy atom. The van der Waals surface area contributed by atoms with Crippen LogP contribution in [0.4, 0.5) is 0 Å². The number of carbonyl (C=O) groups excluding carboxylic acids is 1. The summed E-state index contributed by atoms with van der Waals surface area (Å²) in [5.41, 5.74) is -0.130. The minimum atomic E-state index is -1.20. The van der Waals surface area contributed by atoms with Crippen molar-refractivity contribution in [1.82, 2.24) is 4.98 Å². The number of carbonyl (C=O) groups is 2. The van der Waals surface area contributed by atoms with Gasteiger partial charge in [-0.25, -0.2) is 9.59 Å². The molecular weight excluding hydrogens is 198 g/mol. The molecular formula is C10H11NO4. The van der Waals surface area contributed by atoms with Crippen LogP contribution in [-0.4, -0.2) is 28.1 Å². The maximum Gasteiger partial charge on any atom is 0.339 e. The van der Waals surface area contributed by atoms with Crippen molar-refractivity contribution >= 4 is 11.9 Å². The Morgan fingerprint density at radius 2 is 2.07 bits per heavy atom. The van der Waals surface area contributed by atoms with Crippen molar-refractivity contribution in [2.75, 3.05) is 0 Å². The summed E-state index contributed by atoms with van der Waals surface area (Å²) in [4.78, 5) is 25.9. The number of ether oxygens (including phenoxy) is 1. The first-order valence-electron chi connectivity index (χ1n) is 4.40. The molecule has 0 aromatic carbocycles. The lowest BCUT2D eigenvalue weighted by atomic mass is 10.1. The van der Waals surface area contributed by atoms with Crippen molar-refractivity contribution in [3.63, 3.8) is 0 Å². The topological polar surface area (TPSA) is 76.5 Å². The third kappa shape index (κ3) is 2.77. The lowest BCUT2D eigenvalue weighted by Gasteiger charge is -2.08. The van der Waals surface area contributed by atoms with Crippen LogP contribution in [0.1, 0.15) is 34.6 Å². The van der Waals surface area contributed by atoms with E-state index in [0.29, 0.717) is 0 Å². The molecule has 0 atom stereocenters. The molecule has 0 aliphatic rings. The molecule has 80 valence electrons. The van der Waals surface area contributed by atoms with Gasteiger partial charge in [0.05, 0.1) is 17.2 Å². The summed E-state index contributed by atoms with van der Waals surface area (Å²) >= 11 is 0. The summed E-state index contributed by atoms with van der Waals surface area (Å²) in [5.74, 6) is -1.84. The van der Waals surface area contributed by atoms with E-state index in [1.807, 2.05) is 0 Å². The highest BCUT2D eigenvalue weighted by Gasteiger charge is 2.18. The number of pyridine rings is 1. The van der Waals surface area contributed by atoms with Gasteiger partial charge in [0.15, 0.2) is 0 Å². The Labute approximate surface area is 86.7 Å². The van der Waals surface area contributed by atoms with Crippen molar-refractivity contribution in [3.05, 3.63) is 29.6 Å². The van der Waals surface area contributed by atoms with Crippen LogP contribution in [0.5, 0.6) is 0 Å². The molecule has 1 aromatic rings. The summed E-state index contributed by atoms with van der Waals surface area (Å²) in [6.45, 7) is 3.39. The Hall–Kier alpha value is -1.91. The largest absolute Gasteiger partial charge is 0.478 e. The maximum atomic E-state index is 11.5. The third-order valence-electron chi connectivity index (χ3n) is 1.61. The molecule has 0 saturated carbocycles. The molecule has 0 radical (unpaired) electrons. The van der Waals surface area contributed by atoms with Gasteiger partial charge in [-0.2, -0.15) is 0 Å². The average Bonchev–Trinajstić information content (AvgIpc) is 2.16. The second kappa shape index (κ2) is 4.54. The van der Waals surface area contributed by atoms with E-state index in [1.165, 1.54) is 12.3 Å². The second-order valence-electron chi connectivity index (χ2n) is 3.18. The van der Waals surface area contributed by atoms with Crippen LogP contribution in [0.15, 0.2) is 18.5 Å². The number of carboxylic acids is 1. The molecule has 0 aliphatic heterocycles. The molecule has 1 heterocycles. The van der Waals surface area contributed by atoms with E-state index >= 15 is 0 Å². The first-order valence-corrected chi connectivity index (χ1v) is 4.40. The van der Waals surface area contributed by atoms with Crippen LogP contribution in [-0.2, 0) is 4.74 Å². The number of hydrogen-bond acceptors (Lipinski definition) is 4. The Morgan fingerprint density at radius 1 is 1.40 bits per heavy atom. The predicted molar refractivity (Wildman–Crippen MR) is 51.7 cm³/mol. The van der Waals surface area contributed by atoms with Crippen LogP contribution in [0.3, 0.4) is 0 Å². The first-order chi connectivity index (χ1) is 7.02. The van der Waals surface area contributed by atoms with E-state index in [-0.39, 0.29) is 17.2 Å². The van der Waals surface area contributed by atoms with Gasteiger partial charge in [0.2, 0.25) is 0 Å². The van der Waals surface area contributed by atoms with E-state index in [4.69, 9.17) is 9.84 Å². The average molecular weight is 209 g/mol. The van der Waals surface area contributed by atoms with Crippen molar-refractivity contribution in [2.24, 2.45) is 0 Å². The predicted octanol–water partition coefficient (Wildman–Crippen LogP) is 1.34. The Bertz CT molecular complexity index is 387. The van der Waals surface area contributed by atoms with E-state index in [0.717, 1.165) is 6.20 Å². The van der Waals surface area contributed by atoms with Crippen LogP contribution >= 0.6 is 0 Å². The van der Waals surface area contributed by atoms with Gasteiger partial charge in [0.1, 0.15) is 0 Å². The van der Waals surface area contributed by atoms with Crippen molar-refractivity contribution in [2.45, 2.75) is 20.0 Å². The zero-order valence-electron chi connectivity index (χ0n) is 8.43. The lowest BCUT2D eigenvalue weighted by molar-refractivity contribution is 0.0370. The zero-order chi connectivity index (χ0) is 11.4. The number of nitrogens with zero attached hydrogens (tertiary/aromatic N) is 1. The Balaban J connectivity index is 3.03. The van der Waals surface area contributed by atoms with Crippen molar-refractivity contribution < 1.29 is 19.4 Å². The van der Waals surface area contributed by atoms with E-state index in [9.17, 15) is 9.59 Å². The molecule has 1 aromatic heterocycles. The highest BCUT2D eigenvalue weighted by Crippen LogP contribution is 2.09. The third-order valence-corrected chi connectivity index (χ3v) is 1.61. The molecule has 5 heteroatoms. The summed E-state index contributed by atoms with van der Waals surface area (Å²) in [6, 6.07) is 1.33. The van der Waals surface area contributed by atoms with Gasteiger partial charge < -0.3 is 9.84 Å². The monoisotopic (exact) mass is 209 g/mol. The molecule has 1 rings (SSSR count). The number of carboxylic acid groups (broad SMARTS) is 1. The Kier molecular flexibility index (Phi) is 3.38. The minimum Gasteiger partial charge on any atom is -0.478 e. The highest BCUT2D eigenvalue weighted by atomic mass is 16.5.